The zero-order chi connectivity index (χ0) is 17.4. The molecular weight excluding hydrogens is 320 g/mol. The van der Waals surface area contributed by atoms with Crippen LogP contribution in [0.15, 0.2) is 36.7 Å². The summed E-state index contributed by atoms with van der Waals surface area (Å²) in [6.07, 6.45) is 4.77. The number of H-pyrrole nitrogens is 1. The molecule has 8 nitrogen and oxygen atoms in total. The predicted molar refractivity (Wildman–Crippen MR) is 92.3 cm³/mol. The van der Waals surface area contributed by atoms with E-state index in [9.17, 15) is 10.1 Å². The molecule has 0 saturated heterocycles. The number of anilines is 1. The molecule has 0 amide bonds. The van der Waals surface area contributed by atoms with Crippen LogP contribution in [-0.4, -0.2) is 30.9 Å². The Balaban J connectivity index is 1.50. The Morgan fingerprint density at radius 3 is 2.56 bits per heavy atom. The van der Waals surface area contributed by atoms with Gasteiger partial charge in [0.1, 0.15) is 17.6 Å². The van der Waals surface area contributed by atoms with Gasteiger partial charge in [0.25, 0.3) is 0 Å². The quantitative estimate of drug-likeness (QED) is 0.560. The van der Waals surface area contributed by atoms with E-state index in [0.29, 0.717) is 23.2 Å². The van der Waals surface area contributed by atoms with Gasteiger partial charge in [0, 0.05) is 6.04 Å². The molecule has 0 spiro atoms. The van der Waals surface area contributed by atoms with Crippen LogP contribution in [0.5, 0.6) is 0 Å². The minimum absolute atomic E-state index is 0.0923. The second-order valence-corrected chi connectivity index (χ2v) is 6.09. The molecule has 126 valence electrons. The first kappa shape index (κ1) is 15.3. The SMILES string of the molecule is Cc1nc(-c2cnc(NC3Cc4ccccc4C3)[nH]2)ncc1[N+](=O)[O-]. The third kappa shape index (κ3) is 2.93. The minimum Gasteiger partial charge on any atom is -0.352 e. The summed E-state index contributed by atoms with van der Waals surface area (Å²) in [6.45, 7) is 1.59. The number of aromatic nitrogens is 4. The summed E-state index contributed by atoms with van der Waals surface area (Å²) in [5.41, 5.74) is 3.58. The molecule has 0 atom stereocenters. The maximum Gasteiger partial charge on any atom is 0.308 e. The molecule has 0 aliphatic heterocycles. The van der Waals surface area contributed by atoms with Gasteiger partial charge in [-0.05, 0) is 30.9 Å². The number of rotatable bonds is 4. The first-order valence-electron chi connectivity index (χ1n) is 7.97. The molecule has 8 heteroatoms. The van der Waals surface area contributed by atoms with Crippen molar-refractivity contribution in [3.05, 3.63) is 63.6 Å². The monoisotopic (exact) mass is 336 g/mol. The van der Waals surface area contributed by atoms with E-state index in [2.05, 4.69) is 49.5 Å². The summed E-state index contributed by atoms with van der Waals surface area (Å²) in [4.78, 5) is 26.1. The Morgan fingerprint density at radius 1 is 1.20 bits per heavy atom. The average molecular weight is 336 g/mol. The van der Waals surface area contributed by atoms with E-state index in [1.165, 1.54) is 17.3 Å². The van der Waals surface area contributed by atoms with Crippen molar-refractivity contribution >= 4 is 11.6 Å². The molecule has 4 rings (SSSR count). The summed E-state index contributed by atoms with van der Waals surface area (Å²) in [7, 11) is 0. The zero-order valence-corrected chi connectivity index (χ0v) is 13.6. The molecule has 2 N–H and O–H groups in total. The summed E-state index contributed by atoms with van der Waals surface area (Å²) in [5.74, 6) is 1.03. The lowest BCUT2D eigenvalue weighted by atomic mass is 10.1. The molecule has 0 bridgehead atoms. The van der Waals surface area contributed by atoms with Gasteiger partial charge in [-0.3, -0.25) is 10.1 Å². The molecule has 0 radical (unpaired) electrons. The van der Waals surface area contributed by atoms with Gasteiger partial charge >= 0.3 is 5.69 Å². The number of aromatic amines is 1. The first-order chi connectivity index (χ1) is 12.1. The molecule has 1 aromatic carbocycles. The number of aryl methyl sites for hydroxylation is 1. The zero-order valence-electron chi connectivity index (χ0n) is 13.6. The van der Waals surface area contributed by atoms with Crippen molar-refractivity contribution in [2.24, 2.45) is 0 Å². The summed E-state index contributed by atoms with van der Waals surface area (Å²) < 4.78 is 0. The van der Waals surface area contributed by atoms with Crippen molar-refractivity contribution in [1.29, 1.82) is 0 Å². The summed E-state index contributed by atoms with van der Waals surface area (Å²) >= 11 is 0. The van der Waals surface area contributed by atoms with Crippen molar-refractivity contribution in [2.75, 3.05) is 5.32 Å². The van der Waals surface area contributed by atoms with Gasteiger partial charge in [-0.25, -0.2) is 15.0 Å². The van der Waals surface area contributed by atoms with Crippen LogP contribution in [0.1, 0.15) is 16.8 Å². The van der Waals surface area contributed by atoms with Crippen molar-refractivity contribution < 1.29 is 4.92 Å². The molecule has 3 aromatic rings. The first-order valence-corrected chi connectivity index (χ1v) is 7.97. The van der Waals surface area contributed by atoms with E-state index in [4.69, 9.17) is 0 Å². The lowest BCUT2D eigenvalue weighted by Gasteiger charge is -2.10. The van der Waals surface area contributed by atoms with Crippen LogP contribution in [0.4, 0.5) is 11.6 Å². The van der Waals surface area contributed by atoms with Crippen molar-refractivity contribution in [3.8, 4) is 11.5 Å². The lowest BCUT2D eigenvalue weighted by molar-refractivity contribution is -0.386. The molecule has 2 heterocycles. The number of benzene rings is 1. The highest BCUT2D eigenvalue weighted by atomic mass is 16.6. The number of nitro groups is 1. The van der Waals surface area contributed by atoms with E-state index in [-0.39, 0.29) is 11.7 Å². The topological polar surface area (TPSA) is 110 Å². The number of hydrogen-bond acceptors (Lipinski definition) is 6. The number of hydrogen-bond donors (Lipinski definition) is 2. The van der Waals surface area contributed by atoms with Crippen LogP contribution in [-0.2, 0) is 12.8 Å². The number of imidazole rings is 1. The van der Waals surface area contributed by atoms with Gasteiger partial charge in [-0.15, -0.1) is 0 Å². The van der Waals surface area contributed by atoms with Crippen LogP contribution < -0.4 is 5.32 Å². The Kier molecular flexibility index (Phi) is 3.64. The Morgan fingerprint density at radius 2 is 1.92 bits per heavy atom. The van der Waals surface area contributed by atoms with E-state index in [0.717, 1.165) is 12.8 Å². The normalized spacial score (nSPS) is 13.6. The van der Waals surface area contributed by atoms with Crippen LogP contribution in [0, 0.1) is 17.0 Å². The number of fused-ring (bicyclic) bond motifs is 1. The van der Waals surface area contributed by atoms with Gasteiger partial charge in [0.2, 0.25) is 5.95 Å². The standard InChI is InChI=1S/C17H16N6O2/c1-10-15(23(24)25)9-18-16(20-10)14-8-19-17(22-14)21-13-6-11-4-2-3-5-12(11)7-13/h2-5,8-9,13H,6-7H2,1H3,(H2,19,21,22). The Hall–Kier alpha value is -3.29. The van der Waals surface area contributed by atoms with Gasteiger partial charge in [0.15, 0.2) is 5.82 Å². The van der Waals surface area contributed by atoms with Crippen LogP contribution >= 0.6 is 0 Å². The predicted octanol–water partition coefficient (Wildman–Crippen LogP) is 2.66. The maximum atomic E-state index is 10.9. The van der Waals surface area contributed by atoms with Gasteiger partial charge < -0.3 is 10.3 Å². The van der Waals surface area contributed by atoms with E-state index < -0.39 is 4.92 Å². The largest absolute Gasteiger partial charge is 0.352 e. The fraction of sp³-hybridized carbons (Fsp3) is 0.235. The second kappa shape index (κ2) is 5.97. The maximum absolute atomic E-state index is 10.9. The second-order valence-electron chi connectivity index (χ2n) is 6.09. The molecule has 0 fully saturated rings. The average Bonchev–Trinajstić information content (AvgIpc) is 3.20. The summed E-state index contributed by atoms with van der Waals surface area (Å²) in [5, 5.41) is 14.2. The fourth-order valence-corrected chi connectivity index (χ4v) is 3.13. The highest BCUT2D eigenvalue weighted by molar-refractivity contribution is 5.53. The minimum atomic E-state index is -0.489. The van der Waals surface area contributed by atoms with E-state index >= 15 is 0 Å². The molecule has 25 heavy (non-hydrogen) atoms. The van der Waals surface area contributed by atoms with Crippen LogP contribution in [0.2, 0.25) is 0 Å². The van der Waals surface area contributed by atoms with Crippen molar-refractivity contribution in [3.63, 3.8) is 0 Å². The van der Waals surface area contributed by atoms with Crippen molar-refractivity contribution in [2.45, 2.75) is 25.8 Å². The number of nitrogens with one attached hydrogen (secondary N) is 2. The lowest BCUT2D eigenvalue weighted by Crippen LogP contribution is -2.20. The van der Waals surface area contributed by atoms with E-state index in [1.807, 2.05) is 0 Å². The third-order valence-electron chi connectivity index (χ3n) is 4.36. The van der Waals surface area contributed by atoms with Crippen molar-refractivity contribution in [1.82, 2.24) is 19.9 Å². The van der Waals surface area contributed by atoms with Gasteiger partial charge in [0.05, 0.1) is 11.1 Å². The third-order valence-corrected chi connectivity index (χ3v) is 4.36. The fourth-order valence-electron chi connectivity index (χ4n) is 3.13. The summed E-state index contributed by atoms with van der Waals surface area (Å²) in [6, 6.07) is 8.70. The molecular formula is C17H16N6O2. The highest BCUT2D eigenvalue weighted by Gasteiger charge is 2.22. The van der Waals surface area contributed by atoms with Gasteiger partial charge in [-0.2, -0.15) is 0 Å². The Bertz CT molecular complexity index is 927. The Labute approximate surface area is 143 Å². The van der Waals surface area contributed by atoms with E-state index in [1.54, 1.807) is 13.1 Å². The molecule has 1 aliphatic rings. The van der Waals surface area contributed by atoms with Crippen LogP contribution in [0.3, 0.4) is 0 Å². The smallest absolute Gasteiger partial charge is 0.308 e. The molecule has 0 unspecified atom stereocenters. The molecule has 2 aromatic heterocycles. The van der Waals surface area contributed by atoms with Gasteiger partial charge in [-0.1, -0.05) is 24.3 Å². The highest BCUT2D eigenvalue weighted by Crippen LogP contribution is 2.25. The molecule has 0 saturated carbocycles. The van der Waals surface area contributed by atoms with Crippen LogP contribution in [0.25, 0.3) is 11.5 Å². The molecule has 1 aliphatic carbocycles. The number of nitrogens with zero attached hydrogens (tertiary/aromatic N) is 4.